The van der Waals surface area contributed by atoms with Crippen LogP contribution in [0.2, 0.25) is 0 Å². The molecular weight excluding hydrogens is 288 g/mol. The molecule has 0 radical (unpaired) electrons. The van der Waals surface area contributed by atoms with Gasteiger partial charge in [-0.25, -0.2) is 0 Å². The van der Waals surface area contributed by atoms with E-state index in [0.29, 0.717) is 0 Å². The van der Waals surface area contributed by atoms with Gasteiger partial charge in [0.1, 0.15) is 0 Å². The maximum absolute atomic E-state index is 3.50. The van der Waals surface area contributed by atoms with Crippen LogP contribution in [0.15, 0.2) is 40.9 Å². The minimum absolute atomic E-state index is 0.928. The van der Waals surface area contributed by atoms with Crippen molar-refractivity contribution in [3.8, 4) is 0 Å². The monoisotopic (exact) mass is 306 g/mol. The molecule has 96 valence electrons. The third-order valence-electron chi connectivity index (χ3n) is 2.92. The molecule has 0 aliphatic rings. The molecule has 0 heterocycles. The van der Waals surface area contributed by atoms with Crippen molar-refractivity contribution in [3.05, 3.63) is 46.4 Å². The summed E-state index contributed by atoms with van der Waals surface area (Å²) in [6.07, 6.45) is 0. The number of hydrogen-bond donors (Lipinski definition) is 2. The Balaban J connectivity index is 1.95. The highest BCUT2D eigenvalue weighted by molar-refractivity contribution is 9.10. The average Bonchev–Trinajstić information content (AvgIpc) is 2.38. The van der Waals surface area contributed by atoms with Crippen molar-refractivity contribution < 1.29 is 0 Å². The molecule has 0 amide bonds. The molecule has 0 bridgehead atoms. The fourth-order valence-electron chi connectivity index (χ4n) is 1.96. The summed E-state index contributed by atoms with van der Waals surface area (Å²) in [5, 5.41) is 9.32. The molecule has 0 fully saturated rings. The summed E-state index contributed by atoms with van der Waals surface area (Å²) in [6, 6.07) is 13.0. The van der Waals surface area contributed by atoms with Crippen LogP contribution in [-0.2, 0) is 6.54 Å². The van der Waals surface area contributed by atoms with Gasteiger partial charge in [0, 0.05) is 24.1 Å². The van der Waals surface area contributed by atoms with E-state index in [0.717, 1.165) is 30.7 Å². The van der Waals surface area contributed by atoms with Crippen LogP contribution < -0.4 is 10.6 Å². The van der Waals surface area contributed by atoms with Gasteiger partial charge in [0.2, 0.25) is 0 Å². The molecule has 2 rings (SSSR count). The molecule has 2 N–H and O–H groups in total. The standard InChI is InChI=1S/C15H19BrN2/c1-2-17-7-8-18-11-12-3-4-14-10-15(16)6-5-13(14)9-12/h3-6,9-10,17-18H,2,7-8,11H2,1H3. The molecule has 0 atom stereocenters. The van der Waals surface area contributed by atoms with Crippen LogP contribution in [0.1, 0.15) is 12.5 Å². The number of benzene rings is 2. The zero-order valence-electron chi connectivity index (χ0n) is 10.7. The molecule has 2 aromatic carbocycles. The Morgan fingerprint density at radius 1 is 0.944 bits per heavy atom. The van der Waals surface area contributed by atoms with Crippen molar-refractivity contribution in [2.75, 3.05) is 19.6 Å². The third kappa shape index (κ3) is 3.80. The lowest BCUT2D eigenvalue weighted by atomic mass is 10.1. The van der Waals surface area contributed by atoms with Crippen molar-refractivity contribution in [2.24, 2.45) is 0 Å². The average molecular weight is 307 g/mol. The van der Waals surface area contributed by atoms with Gasteiger partial charge in [0.25, 0.3) is 0 Å². The number of fused-ring (bicyclic) bond motifs is 1. The summed E-state index contributed by atoms with van der Waals surface area (Å²) in [4.78, 5) is 0. The molecule has 0 aromatic heterocycles. The van der Waals surface area contributed by atoms with Gasteiger partial charge in [0.15, 0.2) is 0 Å². The maximum Gasteiger partial charge on any atom is 0.0206 e. The Morgan fingerprint density at radius 3 is 2.50 bits per heavy atom. The fourth-order valence-corrected chi connectivity index (χ4v) is 2.34. The van der Waals surface area contributed by atoms with Crippen LogP contribution >= 0.6 is 15.9 Å². The van der Waals surface area contributed by atoms with Gasteiger partial charge in [-0.05, 0) is 41.1 Å². The Kier molecular flexibility index (Phi) is 5.17. The first-order valence-corrected chi connectivity index (χ1v) is 7.18. The Hall–Kier alpha value is -0.900. The van der Waals surface area contributed by atoms with Crippen LogP contribution in [-0.4, -0.2) is 19.6 Å². The van der Waals surface area contributed by atoms with Crippen molar-refractivity contribution >= 4 is 26.7 Å². The Bertz CT molecular complexity index is 511. The first-order valence-electron chi connectivity index (χ1n) is 6.39. The lowest BCUT2D eigenvalue weighted by Gasteiger charge is -2.07. The normalized spacial score (nSPS) is 11.0. The third-order valence-corrected chi connectivity index (χ3v) is 3.42. The maximum atomic E-state index is 3.50. The lowest BCUT2D eigenvalue weighted by molar-refractivity contribution is 0.625. The van der Waals surface area contributed by atoms with E-state index in [1.54, 1.807) is 0 Å². The summed E-state index contributed by atoms with van der Waals surface area (Å²) < 4.78 is 1.13. The summed E-state index contributed by atoms with van der Waals surface area (Å²) in [5.41, 5.74) is 1.33. The zero-order chi connectivity index (χ0) is 12.8. The zero-order valence-corrected chi connectivity index (χ0v) is 12.3. The van der Waals surface area contributed by atoms with E-state index in [4.69, 9.17) is 0 Å². The van der Waals surface area contributed by atoms with Gasteiger partial charge in [0.05, 0.1) is 0 Å². The second kappa shape index (κ2) is 6.88. The molecule has 0 aliphatic carbocycles. The molecule has 0 aliphatic heterocycles. The lowest BCUT2D eigenvalue weighted by Crippen LogP contribution is -2.26. The summed E-state index contributed by atoms with van der Waals surface area (Å²) in [6.45, 7) is 6.12. The Morgan fingerprint density at radius 2 is 1.67 bits per heavy atom. The van der Waals surface area contributed by atoms with Crippen LogP contribution in [0.4, 0.5) is 0 Å². The smallest absolute Gasteiger partial charge is 0.0206 e. The predicted octanol–water partition coefficient (Wildman–Crippen LogP) is 3.30. The fraction of sp³-hybridized carbons (Fsp3) is 0.333. The number of hydrogen-bond acceptors (Lipinski definition) is 2. The van der Waals surface area contributed by atoms with Gasteiger partial charge in [-0.1, -0.05) is 41.1 Å². The first kappa shape index (κ1) is 13.5. The highest BCUT2D eigenvalue weighted by Gasteiger charge is 1.97. The van der Waals surface area contributed by atoms with Crippen molar-refractivity contribution in [2.45, 2.75) is 13.5 Å². The summed E-state index contributed by atoms with van der Waals surface area (Å²) >= 11 is 3.50. The van der Waals surface area contributed by atoms with Crippen molar-refractivity contribution in [3.63, 3.8) is 0 Å². The van der Waals surface area contributed by atoms with Crippen molar-refractivity contribution in [1.82, 2.24) is 10.6 Å². The van der Waals surface area contributed by atoms with Crippen LogP contribution in [0.3, 0.4) is 0 Å². The van der Waals surface area contributed by atoms with E-state index < -0.39 is 0 Å². The minimum Gasteiger partial charge on any atom is -0.316 e. The van der Waals surface area contributed by atoms with E-state index in [1.807, 2.05) is 0 Å². The molecule has 0 saturated carbocycles. The van der Waals surface area contributed by atoms with E-state index in [1.165, 1.54) is 16.3 Å². The minimum atomic E-state index is 0.928. The van der Waals surface area contributed by atoms with Crippen molar-refractivity contribution in [1.29, 1.82) is 0 Å². The molecule has 0 unspecified atom stereocenters. The summed E-state index contributed by atoms with van der Waals surface area (Å²) in [7, 11) is 0. The Labute approximate surface area is 117 Å². The molecular formula is C15H19BrN2. The summed E-state index contributed by atoms with van der Waals surface area (Å²) in [5.74, 6) is 0. The van der Waals surface area contributed by atoms with Gasteiger partial charge in [-0.15, -0.1) is 0 Å². The van der Waals surface area contributed by atoms with Gasteiger partial charge in [-0.2, -0.15) is 0 Å². The SMILES string of the molecule is CCNCCNCc1ccc2cc(Br)ccc2c1. The van der Waals surface area contributed by atoms with Gasteiger partial charge in [-0.3, -0.25) is 0 Å². The molecule has 0 spiro atoms. The van der Waals surface area contributed by atoms with E-state index in [-0.39, 0.29) is 0 Å². The van der Waals surface area contributed by atoms with Gasteiger partial charge < -0.3 is 10.6 Å². The second-order valence-electron chi connectivity index (χ2n) is 4.36. The highest BCUT2D eigenvalue weighted by Crippen LogP contribution is 2.20. The molecule has 0 saturated heterocycles. The molecule has 3 heteroatoms. The highest BCUT2D eigenvalue weighted by atomic mass is 79.9. The molecule has 2 nitrogen and oxygen atoms in total. The topological polar surface area (TPSA) is 24.1 Å². The van der Waals surface area contributed by atoms with E-state index in [2.05, 4.69) is 69.9 Å². The number of rotatable bonds is 6. The number of halogens is 1. The van der Waals surface area contributed by atoms with E-state index in [9.17, 15) is 0 Å². The quantitative estimate of drug-likeness (QED) is 0.800. The van der Waals surface area contributed by atoms with E-state index >= 15 is 0 Å². The first-order chi connectivity index (χ1) is 8.79. The molecule has 18 heavy (non-hydrogen) atoms. The van der Waals surface area contributed by atoms with Crippen LogP contribution in [0.5, 0.6) is 0 Å². The number of likely N-dealkylation sites (N-methyl/N-ethyl adjacent to an activating group) is 1. The van der Waals surface area contributed by atoms with Crippen LogP contribution in [0, 0.1) is 0 Å². The van der Waals surface area contributed by atoms with Crippen LogP contribution in [0.25, 0.3) is 10.8 Å². The largest absolute Gasteiger partial charge is 0.316 e. The second-order valence-corrected chi connectivity index (χ2v) is 5.27. The number of nitrogens with one attached hydrogen (secondary N) is 2. The predicted molar refractivity (Wildman–Crippen MR) is 81.9 cm³/mol. The van der Waals surface area contributed by atoms with Gasteiger partial charge >= 0.3 is 0 Å². The molecule has 2 aromatic rings.